The van der Waals surface area contributed by atoms with Crippen molar-refractivity contribution in [1.29, 1.82) is 0 Å². The molecular formula is C19H20N2O3S. The first kappa shape index (κ1) is 17.4. The number of ether oxygens (including phenoxy) is 1. The zero-order valence-corrected chi connectivity index (χ0v) is 14.8. The van der Waals surface area contributed by atoms with Gasteiger partial charge < -0.3 is 15.0 Å². The van der Waals surface area contributed by atoms with E-state index in [4.69, 9.17) is 4.74 Å². The van der Waals surface area contributed by atoms with E-state index in [9.17, 15) is 9.59 Å². The number of nitrogens with one attached hydrogen (secondary N) is 1. The van der Waals surface area contributed by atoms with E-state index >= 15 is 0 Å². The molecule has 0 bridgehead atoms. The summed E-state index contributed by atoms with van der Waals surface area (Å²) in [5, 5.41) is 2.92. The summed E-state index contributed by atoms with van der Waals surface area (Å²) in [6.07, 6.45) is 0.269. The molecule has 130 valence electrons. The van der Waals surface area contributed by atoms with E-state index in [-0.39, 0.29) is 17.6 Å². The van der Waals surface area contributed by atoms with Crippen molar-refractivity contribution in [3.05, 3.63) is 54.1 Å². The molecule has 1 aliphatic rings. The number of nitrogens with zero attached hydrogens (tertiary/aromatic N) is 1. The number of carbonyl (C=O) groups is 2. The van der Waals surface area contributed by atoms with Crippen molar-refractivity contribution in [3.63, 3.8) is 0 Å². The molecule has 1 N–H and O–H groups in total. The van der Waals surface area contributed by atoms with E-state index in [1.54, 1.807) is 11.0 Å². The average Bonchev–Trinajstić information content (AvgIpc) is 3.02. The van der Waals surface area contributed by atoms with Crippen LogP contribution in [0.5, 0.6) is 11.5 Å². The number of amides is 2. The molecule has 0 atom stereocenters. The number of hydrogen-bond donors (Lipinski definition) is 1. The third-order valence-corrected chi connectivity index (χ3v) is 4.76. The second-order valence-electron chi connectivity index (χ2n) is 5.81. The van der Waals surface area contributed by atoms with Crippen molar-refractivity contribution in [1.82, 2.24) is 4.90 Å². The maximum Gasteiger partial charge on any atom is 0.281 e. The summed E-state index contributed by atoms with van der Waals surface area (Å²) in [7, 11) is 0. The number of hydrogen-bond acceptors (Lipinski definition) is 4. The summed E-state index contributed by atoms with van der Waals surface area (Å²) < 4.78 is 5.88. The summed E-state index contributed by atoms with van der Waals surface area (Å²) >= 11 is 1.30. The van der Waals surface area contributed by atoms with Crippen molar-refractivity contribution in [2.45, 2.75) is 13.3 Å². The molecule has 5 nitrogen and oxygen atoms in total. The smallest absolute Gasteiger partial charge is 0.281 e. The fourth-order valence-corrected chi connectivity index (χ4v) is 3.32. The van der Waals surface area contributed by atoms with Crippen molar-refractivity contribution in [2.24, 2.45) is 0 Å². The normalized spacial score (nSPS) is 13.8. The molecule has 1 aliphatic heterocycles. The van der Waals surface area contributed by atoms with Gasteiger partial charge in [0.2, 0.25) is 5.91 Å². The van der Waals surface area contributed by atoms with E-state index in [1.165, 1.54) is 11.8 Å². The molecular weight excluding hydrogens is 336 g/mol. The Bertz CT molecular complexity index is 762. The summed E-state index contributed by atoms with van der Waals surface area (Å²) in [6, 6.07) is 15.1. The van der Waals surface area contributed by atoms with E-state index in [0.29, 0.717) is 30.3 Å². The molecule has 25 heavy (non-hydrogen) atoms. The molecule has 0 aromatic heterocycles. The van der Waals surface area contributed by atoms with Gasteiger partial charge in [-0.15, -0.1) is 0 Å². The Morgan fingerprint density at radius 1 is 1.20 bits per heavy atom. The molecule has 1 fully saturated rings. The fraction of sp³-hybridized carbons (Fsp3) is 0.263. The molecule has 1 saturated heterocycles. The summed E-state index contributed by atoms with van der Waals surface area (Å²) in [5.41, 5.74) is 1.78. The summed E-state index contributed by atoms with van der Waals surface area (Å²) in [4.78, 5) is 25.5. The van der Waals surface area contributed by atoms with Gasteiger partial charge in [0.1, 0.15) is 5.75 Å². The van der Waals surface area contributed by atoms with Gasteiger partial charge in [-0.2, -0.15) is 0 Å². The van der Waals surface area contributed by atoms with E-state index in [2.05, 4.69) is 5.32 Å². The van der Waals surface area contributed by atoms with Crippen molar-refractivity contribution in [3.8, 4) is 11.5 Å². The maximum absolute atomic E-state index is 12.2. The fourth-order valence-electron chi connectivity index (χ4n) is 2.47. The molecule has 2 aromatic rings. The van der Waals surface area contributed by atoms with Crippen LogP contribution in [0.3, 0.4) is 0 Å². The lowest BCUT2D eigenvalue weighted by atomic mass is 10.2. The first-order valence-corrected chi connectivity index (χ1v) is 9.15. The molecule has 0 unspecified atom stereocenters. The minimum atomic E-state index is -0.135. The first-order chi connectivity index (χ1) is 12.1. The van der Waals surface area contributed by atoms with Gasteiger partial charge in [-0.3, -0.25) is 9.59 Å². The standard InChI is InChI=1S/C19H20N2O3S/c1-14-6-8-15(9-7-14)24-17-5-3-2-4-16(17)20-18(22)10-11-21-12-13-25-19(21)23/h2-9H,10-13H2,1H3,(H,20,22). The Kier molecular flexibility index (Phi) is 5.60. The Labute approximate surface area is 151 Å². The zero-order valence-electron chi connectivity index (χ0n) is 14.0. The van der Waals surface area contributed by atoms with E-state index < -0.39 is 0 Å². The molecule has 2 amide bonds. The lowest BCUT2D eigenvalue weighted by Crippen LogP contribution is -2.27. The first-order valence-electron chi connectivity index (χ1n) is 8.17. The molecule has 0 radical (unpaired) electrons. The molecule has 2 aromatic carbocycles. The van der Waals surface area contributed by atoms with E-state index in [0.717, 1.165) is 11.3 Å². The molecule has 3 rings (SSSR count). The van der Waals surface area contributed by atoms with Gasteiger partial charge in [0.15, 0.2) is 5.75 Å². The van der Waals surface area contributed by atoms with Gasteiger partial charge in [-0.25, -0.2) is 0 Å². The monoisotopic (exact) mass is 356 g/mol. The molecule has 0 saturated carbocycles. The van der Waals surface area contributed by atoms with Crippen LogP contribution in [0, 0.1) is 6.92 Å². The van der Waals surface area contributed by atoms with Crippen LogP contribution in [0.2, 0.25) is 0 Å². The number of rotatable bonds is 6. The second kappa shape index (κ2) is 8.07. The molecule has 0 spiro atoms. The Morgan fingerprint density at radius 3 is 2.68 bits per heavy atom. The zero-order chi connectivity index (χ0) is 17.6. The highest BCUT2D eigenvalue weighted by molar-refractivity contribution is 8.13. The minimum absolute atomic E-state index is 0.0518. The van der Waals surface area contributed by atoms with Gasteiger partial charge in [-0.05, 0) is 31.2 Å². The van der Waals surface area contributed by atoms with Crippen molar-refractivity contribution < 1.29 is 14.3 Å². The topological polar surface area (TPSA) is 58.6 Å². The lowest BCUT2D eigenvalue weighted by molar-refractivity contribution is -0.116. The second-order valence-corrected chi connectivity index (χ2v) is 6.86. The Hall–Kier alpha value is -2.47. The number of thioether (sulfide) groups is 1. The van der Waals surface area contributed by atoms with Gasteiger partial charge in [0, 0.05) is 25.3 Å². The highest BCUT2D eigenvalue weighted by Gasteiger charge is 2.21. The molecule has 1 heterocycles. The van der Waals surface area contributed by atoms with E-state index in [1.807, 2.05) is 49.4 Å². The van der Waals surface area contributed by atoms with Crippen LogP contribution in [-0.2, 0) is 4.79 Å². The number of aryl methyl sites for hydroxylation is 1. The Morgan fingerprint density at radius 2 is 1.96 bits per heavy atom. The van der Waals surface area contributed by atoms with Crippen LogP contribution in [0.25, 0.3) is 0 Å². The maximum atomic E-state index is 12.2. The third kappa shape index (κ3) is 4.76. The average molecular weight is 356 g/mol. The van der Waals surface area contributed by atoms with Crippen LogP contribution in [0.1, 0.15) is 12.0 Å². The lowest BCUT2D eigenvalue weighted by Gasteiger charge is -2.15. The van der Waals surface area contributed by atoms with Gasteiger partial charge in [0.05, 0.1) is 5.69 Å². The highest BCUT2D eigenvalue weighted by Crippen LogP contribution is 2.29. The van der Waals surface area contributed by atoms with Crippen molar-refractivity contribution >= 4 is 28.6 Å². The SMILES string of the molecule is Cc1ccc(Oc2ccccc2NC(=O)CCN2CCSC2=O)cc1. The van der Waals surface area contributed by atoms with Gasteiger partial charge in [0.25, 0.3) is 5.24 Å². The summed E-state index contributed by atoms with van der Waals surface area (Å²) in [5.74, 6) is 1.97. The largest absolute Gasteiger partial charge is 0.455 e. The number of carbonyl (C=O) groups excluding carboxylic acids is 2. The van der Waals surface area contributed by atoms with Crippen LogP contribution in [0.4, 0.5) is 10.5 Å². The number of anilines is 1. The van der Waals surface area contributed by atoms with Gasteiger partial charge >= 0.3 is 0 Å². The molecule has 0 aliphatic carbocycles. The third-order valence-electron chi connectivity index (χ3n) is 3.86. The minimum Gasteiger partial charge on any atom is -0.455 e. The Balaban J connectivity index is 1.61. The number of benzene rings is 2. The van der Waals surface area contributed by atoms with Crippen LogP contribution >= 0.6 is 11.8 Å². The summed E-state index contributed by atoms with van der Waals surface area (Å²) in [6.45, 7) is 3.17. The van der Waals surface area contributed by atoms with Crippen LogP contribution < -0.4 is 10.1 Å². The predicted molar refractivity (Wildman–Crippen MR) is 100 cm³/mol. The number of para-hydroxylation sites is 2. The molecule has 6 heteroatoms. The van der Waals surface area contributed by atoms with Crippen molar-refractivity contribution in [2.75, 3.05) is 24.2 Å². The van der Waals surface area contributed by atoms with Crippen LogP contribution in [-0.4, -0.2) is 34.9 Å². The predicted octanol–water partition coefficient (Wildman–Crippen LogP) is 4.28. The van der Waals surface area contributed by atoms with Gasteiger partial charge in [-0.1, -0.05) is 41.6 Å². The highest BCUT2D eigenvalue weighted by atomic mass is 32.2. The van der Waals surface area contributed by atoms with Crippen LogP contribution in [0.15, 0.2) is 48.5 Å². The quantitative estimate of drug-likeness (QED) is 0.839.